The van der Waals surface area contributed by atoms with Crippen molar-refractivity contribution in [2.24, 2.45) is 5.41 Å². The Balaban J connectivity index is 3.81. The Morgan fingerprint density at radius 2 is 1.83 bits per heavy atom. The Bertz CT molecular complexity index is 181. The second-order valence-corrected chi connectivity index (χ2v) is 4.33. The van der Waals surface area contributed by atoms with Crippen LogP contribution >= 0.6 is 11.8 Å². The van der Waals surface area contributed by atoms with Gasteiger partial charge in [0.15, 0.2) is 0 Å². The van der Waals surface area contributed by atoms with Crippen LogP contribution in [0, 0.1) is 5.41 Å². The predicted octanol–water partition coefficient (Wildman–Crippen LogP) is 2.10. The van der Waals surface area contributed by atoms with Crippen LogP contribution in [0.1, 0.15) is 20.8 Å². The minimum atomic E-state index is -0.410. The minimum absolute atomic E-state index is 0.0536. The summed E-state index contributed by atoms with van der Waals surface area (Å²) in [5, 5.41) is -0.410. The monoisotopic (exact) mass is 190 g/mol. The number of hydrogen-bond donors (Lipinski definition) is 0. The van der Waals surface area contributed by atoms with Crippen molar-refractivity contribution in [3.05, 3.63) is 0 Å². The van der Waals surface area contributed by atoms with Gasteiger partial charge in [-0.25, -0.2) is 4.79 Å². The van der Waals surface area contributed by atoms with Crippen molar-refractivity contribution in [3.63, 3.8) is 0 Å². The van der Waals surface area contributed by atoms with Crippen molar-refractivity contribution in [2.75, 3.05) is 12.9 Å². The molecule has 0 aromatic carbocycles. The maximum atomic E-state index is 11.3. The zero-order chi connectivity index (χ0) is 9.78. The molecule has 0 unspecified atom stereocenters. The first-order chi connectivity index (χ1) is 5.38. The van der Waals surface area contributed by atoms with Gasteiger partial charge in [0.05, 0.1) is 12.9 Å². The average Bonchev–Trinajstić information content (AvgIpc) is 1.97. The van der Waals surface area contributed by atoms with Gasteiger partial charge in [-0.3, -0.25) is 4.79 Å². The van der Waals surface area contributed by atoms with Gasteiger partial charge in [0.25, 0.3) is 0 Å². The number of Topliss-reactive ketones (excluding diaryl/α,β-unsaturated/α-hetero) is 1. The molecule has 0 bridgehead atoms. The Kier molecular flexibility index (Phi) is 4.31. The highest BCUT2D eigenvalue weighted by Gasteiger charge is 2.21. The standard InChI is InChI=1S/C8H14O3S/c1-8(2,3)6(9)5-12-7(10)11-4/h5H2,1-4H3. The topological polar surface area (TPSA) is 43.4 Å². The van der Waals surface area contributed by atoms with E-state index in [4.69, 9.17) is 0 Å². The Morgan fingerprint density at radius 1 is 1.33 bits per heavy atom. The lowest BCUT2D eigenvalue weighted by molar-refractivity contribution is -0.123. The average molecular weight is 190 g/mol. The van der Waals surface area contributed by atoms with E-state index in [1.807, 2.05) is 20.8 Å². The third-order valence-corrected chi connectivity index (χ3v) is 2.13. The Morgan fingerprint density at radius 3 is 2.17 bits per heavy atom. The molecular formula is C8H14O3S. The first-order valence-corrected chi connectivity index (χ1v) is 4.60. The summed E-state index contributed by atoms with van der Waals surface area (Å²) in [5.41, 5.74) is -0.374. The van der Waals surface area contributed by atoms with Crippen LogP contribution in [0.5, 0.6) is 0 Å². The summed E-state index contributed by atoms with van der Waals surface area (Å²) in [6.07, 6.45) is 0. The molecule has 0 aliphatic heterocycles. The number of hydrogen-bond acceptors (Lipinski definition) is 4. The maximum Gasteiger partial charge on any atom is 0.367 e. The van der Waals surface area contributed by atoms with Crippen LogP contribution in [-0.2, 0) is 9.53 Å². The second-order valence-electron chi connectivity index (χ2n) is 3.42. The van der Waals surface area contributed by atoms with E-state index in [0.29, 0.717) is 0 Å². The molecule has 0 aromatic heterocycles. The van der Waals surface area contributed by atoms with Gasteiger partial charge in [-0.2, -0.15) is 0 Å². The van der Waals surface area contributed by atoms with E-state index < -0.39 is 5.30 Å². The fourth-order valence-corrected chi connectivity index (χ4v) is 1.20. The molecule has 0 aromatic rings. The van der Waals surface area contributed by atoms with Gasteiger partial charge in [-0.05, 0) is 11.8 Å². The summed E-state index contributed by atoms with van der Waals surface area (Å²) in [4.78, 5) is 21.9. The molecule has 0 aliphatic rings. The summed E-state index contributed by atoms with van der Waals surface area (Å²) >= 11 is 0.901. The van der Waals surface area contributed by atoms with Gasteiger partial charge in [-0.15, -0.1) is 0 Å². The van der Waals surface area contributed by atoms with Crippen LogP contribution < -0.4 is 0 Å². The summed E-state index contributed by atoms with van der Waals surface area (Å²) in [6, 6.07) is 0. The zero-order valence-electron chi connectivity index (χ0n) is 7.84. The number of rotatable bonds is 2. The molecule has 0 heterocycles. The molecule has 12 heavy (non-hydrogen) atoms. The van der Waals surface area contributed by atoms with Gasteiger partial charge in [-0.1, -0.05) is 20.8 Å². The van der Waals surface area contributed by atoms with Gasteiger partial charge in [0, 0.05) is 5.41 Å². The van der Waals surface area contributed by atoms with Crippen molar-refractivity contribution in [1.29, 1.82) is 0 Å². The number of ketones is 1. The SMILES string of the molecule is COC(=O)SCC(=O)C(C)(C)C. The first-order valence-electron chi connectivity index (χ1n) is 3.62. The molecule has 3 nitrogen and oxygen atoms in total. The molecule has 0 rings (SSSR count). The lowest BCUT2D eigenvalue weighted by Gasteiger charge is -2.15. The highest BCUT2D eigenvalue weighted by atomic mass is 32.2. The maximum absolute atomic E-state index is 11.3. The molecule has 70 valence electrons. The zero-order valence-corrected chi connectivity index (χ0v) is 8.66. The van der Waals surface area contributed by atoms with Crippen LogP contribution in [0.25, 0.3) is 0 Å². The molecule has 0 amide bonds. The largest absolute Gasteiger partial charge is 0.461 e. The van der Waals surface area contributed by atoms with E-state index >= 15 is 0 Å². The van der Waals surface area contributed by atoms with Crippen molar-refractivity contribution in [3.8, 4) is 0 Å². The van der Waals surface area contributed by atoms with Gasteiger partial charge < -0.3 is 4.74 Å². The van der Waals surface area contributed by atoms with Gasteiger partial charge in [0.2, 0.25) is 0 Å². The highest BCUT2D eigenvalue weighted by molar-refractivity contribution is 8.13. The Hall–Kier alpha value is -0.510. The van der Waals surface area contributed by atoms with Crippen LogP contribution in [0.15, 0.2) is 0 Å². The molecule has 0 saturated carbocycles. The van der Waals surface area contributed by atoms with Crippen molar-refractivity contribution in [1.82, 2.24) is 0 Å². The number of thioether (sulfide) groups is 1. The highest BCUT2D eigenvalue weighted by Crippen LogP contribution is 2.18. The lowest BCUT2D eigenvalue weighted by Crippen LogP contribution is -2.22. The van der Waals surface area contributed by atoms with Crippen LogP contribution in [-0.4, -0.2) is 23.9 Å². The van der Waals surface area contributed by atoms with Crippen molar-refractivity contribution < 1.29 is 14.3 Å². The van der Waals surface area contributed by atoms with E-state index in [1.54, 1.807) is 0 Å². The Labute approximate surface area is 76.9 Å². The molecular weight excluding hydrogens is 176 g/mol. The number of methoxy groups -OCH3 is 1. The number of carbonyl (C=O) groups excluding carboxylic acids is 2. The minimum Gasteiger partial charge on any atom is -0.461 e. The van der Waals surface area contributed by atoms with Crippen molar-refractivity contribution in [2.45, 2.75) is 20.8 Å². The third-order valence-electron chi connectivity index (χ3n) is 1.32. The van der Waals surface area contributed by atoms with E-state index in [2.05, 4.69) is 4.74 Å². The molecule has 0 radical (unpaired) electrons. The van der Waals surface area contributed by atoms with Gasteiger partial charge in [0.1, 0.15) is 5.78 Å². The van der Waals surface area contributed by atoms with E-state index in [9.17, 15) is 9.59 Å². The summed E-state index contributed by atoms with van der Waals surface area (Å²) < 4.78 is 4.39. The molecule has 0 N–H and O–H groups in total. The summed E-state index contributed by atoms with van der Waals surface area (Å²) in [7, 11) is 1.30. The quantitative estimate of drug-likeness (QED) is 0.625. The van der Waals surface area contributed by atoms with Crippen molar-refractivity contribution >= 4 is 22.8 Å². The van der Waals surface area contributed by atoms with E-state index in [1.165, 1.54) is 7.11 Å². The second kappa shape index (κ2) is 4.50. The van der Waals surface area contributed by atoms with E-state index in [0.717, 1.165) is 11.8 Å². The molecule has 0 spiro atoms. The number of carbonyl (C=O) groups is 2. The molecule has 4 heteroatoms. The summed E-state index contributed by atoms with van der Waals surface area (Å²) in [5.74, 6) is 0.244. The van der Waals surface area contributed by atoms with E-state index in [-0.39, 0.29) is 17.0 Å². The normalized spacial score (nSPS) is 11.0. The molecule has 0 atom stereocenters. The van der Waals surface area contributed by atoms with Gasteiger partial charge >= 0.3 is 5.30 Å². The fraction of sp³-hybridized carbons (Fsp3) is 0.750. The van der Waals surface area contributed by atoms with Crippen LogP contribution in [0.2, 0.25) is 0 Å². The fourth-order valence-electron chi connectivity index (χ4n) is 0.400. The molecule has 0 fully saturated rings. The third kappa shape index (κ3) is 4.38. The number of ether oxygens (including phenoxy) is 1. The van der Waals surface area contributed by atoms with Crippen LogP contribution in [0.3, 0.4) is 0 Å². The molecule has 0 aliphatic carbocycles. The first kappa shape index (κ1) is 11.5. The van der Waals surface area contributed by atoms with Crippen LogP contribution in [0.4, 0.5) is 4.79 Å². The molecule has 0 saturated heterocycles. The lowest BCUT2D eigenvalue weighted by atomic mass is 9.92. The predicted molar refractivity (Wildman–Crippen MR) is 49.3 cm³/mol. The summed E-state index contributed by atoms with van der Waals surface area (Å²) in [6.45, 7) is 5.48. The smallest absolute Gasteiger partial charge is 0.367 e.